The molecular formula is C58H115NO5. The van der Waals surface area contributed by atoms with Gasteiger partial charge >= 0.3 is 0 Å². The third-order valence-corrected chi connectivity index (χ3v) is 14.0. The van der Waals surface area contributed by atoms with Crippen molar-refractivity contribution < 1.29 is 25.2 Å². The zero-order valence-electron chi connectivity index (χ0n) is 43.3. The van der Waals surface area contributed by atoms with Crippen molar-refractivity contribution in [3.05, 3.63) is 12.2 Å². The molecule has 0 aliphatic heterocycles. The maximum absolute atomic E-state index is 12.6. The van der Waals surface area contributed by atoms with Crippen LogP contribution in [0.1, 0.15) is 322 Å². The minimum atomic E-state index is -1.26. The predicted molar refractivity (Wildman–Crippen MR) is 279 cm³/mol. The molecule has 0 saturated carbocycles. The SMILES string of the molecule is CCCCCCCCCCCCCC/C=C\CCCCCCCCCCCCC(O)C(=O)NC(CO)C(O)C(O)CCCCCCCCCCCCCCCCCCCCCCCC. The van der Waals surface area contributed by atoms with Gasteiger partial charge in [0, 0.05) is 0 Å². The zero-order valence-corrected chi connectivity index (χ0v) is 43.3. The average molecular weight is 907 g/mol. The zero-order chi connectivity index (χ0) is 46.7. The van der Waals surface area contributed by atoms with Crippen molar-refractivity contribution in [2.45, 2.75) is 346 Å². The van der Waals surface area contributed by atoms with E-state index in [4.69, 9.17) is 0 Å². The summed E-state index contributed by atoms with van der Waals surface area (Å²) in [5.74, 6) is -0.579. The minimum Gasteiger partial charge on any atom is -0.394 e. The number of hydrogen-bond acceptors (Lipinski definition) is 5. The standard InChI is InChI=1S/C58H115NO5/c1-3-5-7-9-11-13-15-17-19-21-23-25-27-28-29-30-32-34-36-38-40-42-44-46-48-50-52-56(62)58(64)59-54(53-60)57(63)55(61)51-49-47-45-43-41-39-37-35-33-31-26-24-22-20-18-16-14-12-10-8-6-4-2/h28-29,54-57,60-63H,3-27,30-53H2,1-2H3,(H,59,64)/b29-28-. The lowest BCUT2D eigenvalue weighted by molar-refractivity contribution is -0.132. The molecule has 0 heterocycles. The van der Waals surface area contributed by atoms with E-state index in [0.717, 1.165) is 38.5 Å². The second-order valence-electron chi connectivity index (χ2n) is 20.3. The Labute approximate surface area is 400 Å². The summed E-state index contributed by atoms with van der Waals surface area (Å²) >= 11 is 0. The van der Waals surface area contributed by atoms with Gasteiger partial charge in [-0.2, -0.15) is 0 Å². The van der Waals surface area contributed by atoms with E-state index in [1.54, 1.807) is 0 Å². The quantitative estimate of drug-likeness (QED) is 0.0308. The Balaban J connectivity index is 3.60. The number of hydrogen-bond donors (Lipinski definition) is 5. The second kappa shape index (κ2) is 53.0. The molecule has 6 heteroatoms. The Morgan fingerprint density at radius 3 is 0.906 bits per heavy atom. The van der Waals surface area contributed by atoms with Gasteiger partial charge in [0.05, 0.1) is 18.8 Å². The van der Waals surface area contributed by atoms with Crippen molar-refractivity contribution in [1.82, 2.24) is 5.32 Å². The normalized spacial score (nSPS) is 13.8. The van der Waals surface area contributed by atoms with Crippen LogP contribution in [0.3, 0.4) is 0 Å². The van der Waals surface area contributed by atoms with Crippen LogP contribution < -0.4 is 5.32 Å². The van der Waals surface area contributed by atoms with Crippen LogP contribution in [-0.4, -0.2) is 57.3 Å². The van der Waals surface area contributed by atoms with E-state index in [-0.39, 0.29) is 0 Å². The Morgan fingerprint density at radius 2 is 0.625 bits per heavy atom. The highest BCUT2D eigenvalue weighted by molar-refractivity contribution is 5.80. The first kappa shape index (κ1) is 63.0. The summed E-state index contributed by atoms with van der Waals surface area (Å²) in [4.78, 5) is 12.6. The molecule has 64 heavy (non-hydrogen) atoms. The number of rotatable bonds is 54. The molecule has 0 aromatic carbocycles. The number of nitrogens with one attached hydrogen (secondary N) is 1. The van der Waals surface area contributed by atoms with Crippen LogP contribution in [0, 0.1) is 0 Å². The van der Waals surface area contributed by atoms with Crippen LogP contribution >= 0.6 is 0 Å². The maximum atomic E-state index is 12.6. The first-order valence-electron chi connectivity index (χ1n) is 29.1. The number of carbonyl (C=O) groups is 1. The lowest BCUT2D eigenvalue weighted by Gasteiger charge is -2.27. The number of allylic oxidation sites excluding steroid dienone is 2. The summed E-state index contributed by atoms with van der Waals surface area (Å²) in [5.41, 5.74) is 0. The van der Waals surface area contributed by atoms with Gasteiger partial charge in [-0.3, -0.25) is 4.79 Å². The van der Waals surface area contributed by atoms with Crippen LogP contribution in [0.2, 0.25) is 0 Å². The van der Waals surface area contributed by atoms with E-state index in [9.17, 15) is 25.2 Å². The van der Waals surface area contributed by atoms with Gasteiger partial charge in [0.1, 0.15) is 12.2 Å². The monoisotopic (exact) mass is 906 g/mol. The van der Waals surface area contributed by atoms with Crippen molar-refractivity contribution in [2.24, 2.45) is 0 Å². The molecule has 1 amide bonds. The molecule has 5 N–H and O–H groups in total. The third kappa shape index (κ3) is 46.2. The lowest BCUT2D eigenvalue weighted by Crippen LogP contribution is -2.53. The number of aliphatic hydroxyl groups is 4. The fraction of sp³-hybridized carbons (Fsp3) is 0.948. The highest BCUT2D eigenvalue weighted by Gasteiger charge is 2.28. The summed E-state index contributed by atoms with van der Waals surface area (Å²) in [6, 6.07) is -0.984. The molecule has 4 atom stereocenters. The molecule has 0 spiro atoms. The number of amides is 1. The van der Waals surface area contributed by atoms with Crippen LogP contribution in [0.4, 0.5) is 0 Å². The van der Waals surface area contributed by atoms with E-state index >= 15 is 0 Å². The van der Waals surface area contributed by atoms with Crippen molar-refractivity contribution in [1.29, 1.82) is 0 Å². The Hall–Kier alpha value is -0.950. The van der Waals surface area contributed by atoms with Gasteiger partial charge in [-0.1, -0.05) is 296 Å². The van der Waals surface area contributed by atoms with Gasteiger partial charge in [0.25, 0.3) is 0 Å². The molecule has 6 nitrogen and oxygen atoms in total. The van der Waals surface area contributed by atoms with Gasteiger partial charge in [0.15, 0.2) is 0 Å². The smallest absolute Gasteiger partial charge is 0.249 e. The minimum absolute atomic E-state index is 0.371. The van der Waals surface area contributed by atoms with Crippen LogP contribution in [0.25, 0.3) is 0 Å². The maximum Gasteiger partial charge on any atom is 0.249 e. The Kier molecular flexibility index (Phi) is 52.2. The molecule has 0 fully saturated rings. The predicted octanol–water partition coefficient (Wildman–Crippen LogP) is 16.9. The largest absolute Gasteiger partial charge is 0.394 e. The molecule has 382 valence electrons. The molecule has 0 radical (unpaired) electrons. The summed E-state index contributed by atoms with van der Waals surface area (Å²) in [5, 5.41) is 44.1. The van der Waals surface area contributed by atoms with Crippen molar-refractivity contribution >= 4 is 5.91 Å². The van der Waals surface area contributed by atoms with E-state index in [0.29, 0.717) is 12.8 Å². The molecular weight excluding hydrogens is 791 g/mol. The van der Waals surface area contributed by atoms with Gasteiger partial charge in [-0.15, -0.1) is 0 Å². The van der Waals surface area contributed by atoms with Crippen molar-refractivity contribution in [2.75, 3.05) is 6.61 Å². The van der Waals surface area contributed by atoms with Gasteiger partial charge in [0.2, 0.25) is 5.91 Å². The topological polar surface area (TPSA) is 110 Å². The van der Waals surface area contributed by atoms with E-state index < -0.39 is 36.9 Å². The second-order valence-corrected chi connectivity index (χ2v) is 20.3. The molecule has 0 aromatic rings. The lowest BCUT2D eigenvalue weighted by atomic mass is 9.99. The van der Waals surface area contributed by atoms with E-state index in [2.05, 4.69) is 31.3 Å². The fourth-order valence-corrected chi connectivity index (χ4v) is 9.40. The number of unbranched alkanes of at least 4 members (excludes halogenated alkanes) is 43. The average Bonchev–Trinajstić information content (AvgIpc) is 3.30. The molecule has 0 aliphatic carbocycles. The van der Waals surface area contributed by atoms with Gasteiger partial charge in [-0.25, -0.2) is 0 Å². The molecule has 0 saturated heterocycles. The highest BCUT2D eigenvalue weighted by Crippen LogP contribution is 2.18. The molecule has 0 aromatic heterocycles. The number of aliphatic hydroxyl groups excluding tert-OH is 4. The van der Waals surface area contributed by atoms with Gasteiger partial charge in [-0.05, 0) is 38.5 Å². The Morgan fingerprint density at radius 1 is 0.375 bits per heavy atom. The molecule has 0 rings (SSSR count). The first-order valence-corrected chi connectivity index (χ1v) is 29.1. The van der Waals surface area contributed by atoms with Crippen molar-refractivity contribution in [3.63, 3.8) is 0 Å². The summed E-state index contributed by atoms with van der Waals surface area (Å²) in [6.45, 7) is 4.10. The third-order valence-electron chi connectivity index (χ3n) is 14.0. The number of carbonyl (C=O) groups excluding carboxylic acids is 1. The molecule has 4 unspecified atom stereocenters. The van der Waals surface area contributed by atoms with E-state index in [1.165, 1.54) is 257 Å². The highest BCUT2D eigenvalue weighted by atomic mass is 16.3. The summed E-state index contributed by atoms with van der Waals surface area (Å²) < 4.78 is 0. The fourth-order valence-electron chi connectivity index (χ4n) is 9.40. The first-order chi connectivity index (χ1) is 31.5. The van der Waals surface area contributed by atoms with Crippen LogP contribution in [0.15, 0.2) is 12.2 Å². The molecule has 0 aliphatic rings. The summed E-state index contributed by atoms with van der Waals surface area (Å²) in [6.07, 6.45) is 62.8. The van der Waals surface area contributed by atoms with Crippen LogP contribution in [-0.2, 0) is 4.79 Å². The van der Waals surface area contributed by atoms with Crippen LogP contribution in [0.5, 0.6) is 0 Å². The summed E-state index contributed by atoms with van der Waals surface area (Å²) in [7, 11) is 0. The van der Waals surface area contributed by atoms with Crippen molar-refractivity contribution in [3.8, 4) is 0 Å². The van der Waals surface area contributed by atoms with Gasteiger partial charge < -0.3 is 25.7 Å². The van der Waals surface area contributed by atoms with E-state index in [1.807, 2.05) is 0 Å². The molecule has 0 bridgehead atoms. The Bertz CT molecular complexity index is 928.